The predicted octanol–water partition coefficient (Wildman–Crippen LogP) is 5.15. The summed E-state index contributed by atoms with van der Waals surface area (Å²) in [5.41, 5.74) is 2.84. The maximum Gasteiger partial charge on any atom is 0.305 e. The van der Waals surface area contributed by atoms with Gasteiger partial charge in [-0.15, -0.1) is 11.3 Å². The van der Waals surface area contributed by atoms with Gasteiger partial charge in [-0.2, -0.15) is 0 Å². The third kappa shape index (κ3) is 10.4. The molecular weight excluding hydrogens is 744 g/mol. The number of phenols is 1. The number of carbonyl (C=O) groups excluding carboxylic acids is 2. The maximum absolute atomic E-state index is 15.6. The van der Waals surface area contributed by atoms with Crippen molar-refractivity contribution in [2.24, 2.45) is 0 Å². The van der Waals surface area contributed by atoms with Crippen molar-refractivity contribution in [1.82, 2.24) is 30.0 Å². The van der Waals surface area contributed by atoms with Gasteiger partial charge in [-0.25, -0.2) is 9.37 Å². The first-order valence-electron chi connectivity index (χ1n) is 19.3. The molecule has 2 fully saturated rings. The number of morpholine rings is 1. The molecule has 0 aliphatic carbocycles. The van der Waals surface area contributed by atoms with Crippen LogP contribution in [0.25, 0.3) is 10.2 Å². The lowest BCUT2D eigenvalue weighted by Crippen LogP contribution is -2.58. The van der Waals surface area contributed by atoms with Gasteiger partial charge in [0.15, 0.2) is 0 Å². The minimum Gasteiger partial charge on any atom is -0.506 e. The SMILES string of the molecule is CCN(CCNCCc1ccc(O)c2[nH]c(=O)sc12)C(=O)CCOCCc1cccc(CN2CCC3(CC2)CN(C(=O)c2csc(C(C)C)n2)CCO3)c1F. The van der Waals surface area contributed by atoms with Gasteiger partial charge in [0.25, 0.3) is 5.91 Å². The second-order valence-corrected chi connectivity index (χ2v) is 16.6. The van der Waals surface area contributed by atoms with Gasteiger partial charge in [-0.05, 0) is 56.3 Å². The number of aromatic amines is 1. The normalized spacial score (nSPS) is 16.1. The van der Waals surface area contributed by atoms with E-state index in [0.717, 1.165) is 52.5 Å². The first kappa shape index (κ1) is 40.9. The molecule has 2 aromatic heterocycles. The average Bonchev–Trinajstić information content (AvgIpc) is 3.84. The molecule has 0 radical (unpaired) electrons. The number of phenolic OH excluding ortho intramolecular Hbond substituents is 1. The van der Waals surface area contributed by atoms with E-state index in [0.29, 0.717) is 94.2 Å². The van der Waals surface area contributed by atoms with Crippen LogP contribution in [0.2, 0.25) is 0 Å². The lowest BCUT2D eigenvalue weighted by molar-refractivity contribution is -0.132. The number of thiazole rings is 2. The van der Waals surface area contributed by atoms with Crippen molar-refractivity contribution < 1.29 is 28.6 Å². The van der Waals surface area contributed by atoms with Crippen molar-refractivity contribution in [2.45, 2.75) is 70.9 Å². The highest BCUT2D eigenvalue weighted by atomic mass is 32.1. The molecule has 15 heteroatoms. The summed E-state index contributed by atoms with van der Waals surface area (Å²) in [5.74, 6) is 0.127. The Morgan fingerprint density at radius 2 is 1.91 bits per heavy atom. The first-order chi connectivity index (χ1) is 26.6. The molecule has 0 unspecified atom stereocenters. The molecule has 1 spiro atoms. The van der Waals surface area contributed by atoms with Crippen LogP contribution in [0.3, 0.4) is 0 Å². The van der Waals surface area contributed by atoms with Gasteiger partial charge in [0.2, 0.25) is 5.91 Å². The molecule has 298 valence electrons. The van der Waals surface area contributed by atoms with Crippen LogP contribution in [0, 0.1) is 5.82 Å². The van der Waals surface area contributed by atoms with Crippen LogP contribution in [-0.4, -0.2) is 119 Å². The third-order valence-corrected chi connectivity index (χ3v) is 12.7. The summed E-state index contributed by atoms with van der Waals surface area (Å²) in [4.78, 5) is 50.9. The maximum atomic E-state index is 15.6. The fraction of sp³-hybridized carbons (Fsp3) is 0.550. The number of benzene rings is 2. The third-order valence-electron chi connectivity index (χ3n) is 10.6. The van der Waals surface area contributed by atoms with Gasteiger partial charge >= 0.3 is 4.87 Å². The number of ether oxygens (including phenoxy) is 2. The molecule has 55 heavy (non-hydrogen) atoms. The van der Waals surface area contributed by atoms with Crippen LogP contribution in [-0.2, 0) is 33.7 Å². The van der Waals surface area contributed by atoms with Gasteiger partial charge in [-0.3, -0.25) is 19.3 Å². The number of nitrogens with one attached hydrogen (secondary N) is 2. The monoisotopic (exact) mass is 796 g/mol. The Morgan fingerprint density at radius 3 is 2.67 bits per heavy atom. The smallest absolute Gasteiger partial charge is 0.305 e. The summed E-state index contributed by atoms with van der Waals surface area (Å²) in [5, 5.41) is 16.2. The van der Waals surface area contributed by atoms with Crippen molar-refractivity contribution in [1.29, 1.82) is 0 Å². The molecule has 4 heterocycles. The van der Waals surface area contributed by atoms with Crippen LogP contribution in [0.15, 0.2) is 40.5 Å². The van der Waals surface area contributed by atoms with Gasteiger partial charge in [-0.1, -0.05) is 49.4 Å². The number of carbonyl (C=O) groups is 2. The Kier molecular flexibility index (Phi) is 14.1. The molecule has 2 aromatic carbocycles. The Bertz CT molecular complexity index is 1970. The molecule has 0 saturated carbocycles. The first-order valence-corrected chi connectivity index (χ1v) is 21.0. The lowest BCUT2D eigenvalue weighted by Gasteiger charge is -2.47. The van der Waals surface area contributed by atoms with Crippen LogP contribution < -0.4 is 10.2 Å². The van der Waals surface area contributed by atoms with E-state index in [1.165, 1.54) is 11.3 Å². The summed E-state index contributed by atoms with van der Waals surface area (Å²) < 4.78 is 28.5. The number of halogens is 1. The molecule has 3 N–H and O–H groups in total. The zero-order chi connectivity index (χ0) is 39.0. The number of amides is 2. The Morgan fingerprint density at radius 1 is 1.11 bits per heavy atom. The molecule has 2 aliphatic rings. The number of piperidine rings is 1. The van der Waals surface area contributed by atoms with Crippen molar-refractivity contribution in [2.75, 3.05) is 72.2 Å². The summed E-state index contributed by atoms with van der Waals surface area (Å²) in [6.07, 6.45) is 2.91. The largest absolute Gasteiger partial charge is 0.506 e. The number of aromatic hydroxyl groups is 1. The zero-order valence-corrected chi connectivity index (χ0v) is 33.7. The van der Waals surface area contributed by atoms with Gasteiger partial charge in [0.1, 0.15) is 22.8 Å². The number of hydrogen-bond donors (Lipinski definition) is 3. The number of likely N-dealkylation sites (N-methyl/N-ethyl adjacent to an activating group) is 1. The molecular formula is C40H53FN6O6S2. The van der Waals surface area contributed by atoms with Crippen molar-refractivity contribution in [3.8, 4) is 5.75 Å². The van der Waals surface area contributed by atoms with Crippen molar-refractivity contribution >= 4 is 44.7 Å². The van der Waals surface area contributed by atoms with E-state index in [-0.39, 0.29) is 52.8 Å². The summed E-state index contributed by atoms with van der Waals surface area (Å²) in [7, 11) is 0. The Balaban J connectivity index is 0.878. The summed E-state index contributed by atoms with van der Waals surface area (Å²) in [6.45, 7) is 12.8. The number of fused-ring (bicyclic) bond motifs is 1. The number of H-pyrrole nitrogens is 1. The van der Waals surface area contributed by atoms with E-state index in [1.54, 1.807) is 17.0 Å². The van der Waals surface area contributed by atoms with E-state index in [1.807, 2.05) is 35.4 Å². The number of hydrogen-bond acceptors (Lipinski definition) is 11. The van der Waals surface area contributed by atoms with E-state index in [9.17, 15) is 19.5 Å². The molecule has 12 nitrogen and oxygen atoms in total. The molecule has 0 bridgehead atoms. The minimum atomic E-state index is -0.386. The number of aromatic nitrogens is 2. The van der Waals surface area contributed by atoms with Crippen LogP contribution in [0.5, 0.6) is 5.75 Å². The summed E-state index contributed by atoms with van der Waals surface area (Å²) >= 11 is 2.63. The number of likely N-dealkylation sites (tertiary alicyclic amines) is 1. The van der Waals surface area contributed by atoms with E-state index < -0.39 is 0 Å². The van der Waals surface area contributed by atoms with E-state index in [2.05, 4.69) is 34.0 Å². The van der Waals surface area contributed by atoms with E-state index in [4.69, 9.17) is 9.47 Å². The fourth-order valence-electron chi connectivity index (χ4n) is 7.33. The fourth-order valence-corrected chi connectivity index (χ4v) is 9.04. The van der Waals surface area contributed by atoms with Crippen molar-refractivity contribution in [3.63, 3.8) is 0 Å². The molecule has 6 rings (SSSR count). The van der Waals surface area contributed by atoms with Crippen LogP contribution in [0.1, 0.15) is 78.1 Å². The molecule has 4 aromatic rings. The number of nitrogens with zero attached hydrogens (tertiary/aromatic N) is 4. The topological polar surface area (TPSA) is 140 Å². The molecule has 2 aliphatic heterocycles. The minimum absolute atomic E-state index is 0.00997. The highest BCUT2D eigenvalue weighted by molar-refractivity contribution is 7.16. The molecule has 2 amide bonds. The molecule has 2 saturated heterocycles. The standard InChI is InChI=1S/C40H53FN6O6S2/c1-4-46(19-16-42-15-10-29-8-9-32(48)35-36(29)55-39(51)44-35)33(49)12-22-52-21-11-28-6-5-7-30(34(28)41)24-45-17-13-40(14-18-45)26-47(20-23-53-40)38(50)31-25-54-37(43-31)27(2)3/h5-9,25,27,42,48H,4,10-24,26H2,1-3H3,(H,44,51). The second kappa shape index (κ2) is 18.9. The molecule has 0 atom stereocenters. The van der Waals surface area contributed by atoms with Crippen LogP contribution in [0.4, 0.5) is 4.39 Å². The van der Waals surface area contributed by atoms with Gasteiger partial charge < -0.3 is 34.7 Å². The second-order valence-electron chi connectivity index (χ2n) is 14.7. The Hall–Kier alpha value is -3.73. The highest BCUT2D eigenvalue weighted by Gasteiger charge is 2.41. The quantitative estimate of drug-likeness (QED) is 0.124. The summed E-state index contributed by atoms with van der Waals surface area (Å²) in [6, 6.07) is 8.95. The van der Waals surface area contributed by atoms with Gasteiger partial charge in [0, 0.05) is 62.7 Å². The highest BCUT2D eigenvalue weighted by Crippen LogP contribution is 2.32. The van der Waals surface area contributed by atoms with Gasteiger partial charge in [0.05, 0.1) is 48.1 Å². The van der Waals surface area contributed by atoms with Crippen molar-refractivity contribution in [3.05, 3.63) is 78.6 Å². The zero-order valence-electron chi connectivity index (χ0n) is 32.0. The average molecular weight is 797 g/mol. The number of rotatable bonds is 17. The Labute approximate surface area is 329 Å². The lowest BCUT2D eigenvalue weighted by atomic mass is 9.89. The predicted molar refractivity (Wildman–Crippen MR) is 214 cm³/mol. The van der Waals surface area contributed by atoms with E-state index >= 15 is 4.39 Å². The van der Waals surface area contributed by atoms with Crippen LogP contribution >= 0.6 is 22.7 Å².